The van der Waals surface area contributed by atoms with Crippen molar-refractivity contribution in [1.82, 2.24) is 0 Å². The van der Waals surface area contributed by atoms with Gasteiger partial charge in [-0.15, -0.1) is 11.8 Å². The number of thioether (sulfide) groups is 1. The Bertz CT molecular complexity index is 341. The number of benzene rings is 1. The Morgan fingerprint density at radius 3 is 1.88 bits per heavy atom. The summed E-state index contributed by atoms with van der Waals surface area (Å²) >= 11 is 1.38. The summed E-state index contributed by atoms with van der Waals surface area (Å²) in [6, 6.07) is 4.16. The quantitative estimate of drug-likeness (QED) is 0.568. The van der Waals surface area contributed by atoms with Crippen LogP contribution in [0.25, 0.3) is 0 Å². The van der Waals surface area contributed by atoms with Crippen molar-refractivity contribution in [3.63, 3.8) is 0 Å². The van der Waals surface area contributed by atoms with Gasteiger partial charge in [0.1, 0.15) is 0 Å². The number of alkyl halides is 5. The molecule has 0 aliphatic carbocycles. The summed E-state index contributed by atoms with van der Waals surface area (Å²) in [4.78, 5) is 0.671. The number of rotatable bonds is 3. The van der Waals surface area contributed by atoms with E-state index in [2.05, 4.69) is 0 Å². The second-order valence-electron chi connectivity index (χ2n) is 3.03. The van der Waals surface area contributed by atoms with Crippen molar-refractivity contribution >= 4 is 11.8 Å². The average Bonchev–Trinajstić information content (AvgIpc) is 2.17. The zero-order valence-corrected chi connectivity index (χ0v) is 9.13. The van der Waals surface area contributed by atoms with Crippen LogP contribution in [0.5, 0.6) is 0 Å². The van der Waals surface area contributed by atoms with Gasteiger partial charge in [-0.3, -0.25) is 0 Å². The second-order valence-corrected chi connectivity index (χ2v) is 4.37. The molecule has 0 aromatic heterocycles. The Hall–Kier alpha value is -0.780. The van der Waals surface area contributed by atoms with E-state index in [1.165, 1.54) is 23.9 Å². The van der Waals surface area contributed by atoms with E-state index >= 15 is 0 Å². The average molecular weight is 256 g/mol. The lowest BCUT2D eigenvalue weighted by molar-refractivity contribution is -0.289. The minimum atomic E-state index is -5.55. The van der Waals surface area contributed by atoms with Crippen molar-refractivity contribution in [1.29, 1.82) is 0 Å². The monoisotopic (exact) mass is 256 g/mol. The van der Waals surface area contributed by atoms with Crippen LogP contribution in [0.15, 0.2) is 29.2 Å². The van der Waals surface area contributed by atoms with Crippen molar-refractivity contribution < 1.29 is 22.0 Å². The van der Waals surface area contributed by atoms with Crippen molar-refractivity contribution in [3.8, 4) is 0 Å². The van der Waals surface area contributed by atoms with Gasteiger partial charge in [-0.05, 0) is 17.9 Å². The predicted molar refractivity (Wildman–Crippen MR) is 52.8 cm³/mol. The van der Waals surface area contributed by atoms with Crippen LogP contribution in [0.3, 0.4) is 0 Å². The lowest BCUT2D eigenvalue weighted by Crippen LogP contribution is -2.33. The topological polar surface area (TPSA) is 0 Å². The van der Waals surface area contributed by atoms with Crippen LogP contribution < -0.4 is 0 Å². The van der Waals surface area contributed by atoms with Gasteiger partial charge in [-0.2, -0.15) is 22.0 Å². The third-order valence-corrected chi connectivity index (χ3v) is 2.78. The second kappa shape index (κ2) is 4.61. The molecule has 0 saturated heterocycles. The molecule has 0 unspecified atom stereocenters. The van der Waals surface area contributed by atoms with Crippen molar-refractivity contribution in [2.75, 3.05) is 5.75 Å². The molecule has 0 aliphatic heterocycles. The highest BCUT2D eigenvalue weighted by atomic mass is 32.2. The van der Waals surface area contributed by atoms with Crippen molar-refractivity contribution in [3.05, 3.63) is 29.8 Å². The van der Waals surface area contributed by atoms with Crippen LogP contribution in [0.2, 0.25) is 0 Å². The first-order valence-electron chi connectivity index (χ1n) is 4.47. The fourth-order valence-corrected chi connectivity index (χ4v) is 1.75. The third-order valence-electron chi connectivity index (χ3n) is 1.88. The maximum atomic E-state index is 12.8. The van der Waals surface area contributed by atoms with E-state index < -0.39 is 17.7 Å². The van der Waals surface area contributed by atoms with Crippen LogP contribution in [0, 0.1) is 0 Å². The Morgan fingerprint density at radius 1 is 1.00 bits per heavy atom. The smallest absolute Gasteiger partial charge is 0.191 e. The predicted octanol–water partition coefficient (Wildman–Crippen LogP) is 4.45. The zero-order chi connectivity index (χ0) is 12.4. The number of hydrogen-bond donors (Lipinski definition) is 0. The molecule has 0 heterocycles. The van der Waals surface area contributed by atoms with Crippen LogP contribution in [0.1, 0.15) is 12.5 Å². The Morgan fingerprint density at radius 2 is 1.50 bits per heavy atom. The SMILES string of the molecule is CCSc1ccc(C(F)(F)C(F)(F)F)cc1. The van der Waals surface area contributed by atoms with E-state index in [1.807, 2.05) is 6.92 Å². The van der Waals surface area contributed by atoms with Crippen LogP contribution in [-0.4, -0.2) is 11.9 Å². The highest BCUT2D eigenvalue weighted by Crippen LogP contribution is 2.43. The summed E-state index contributed by atoms with van der Waals surface area (Å²) in [6.07, 6.45) is -5.55. The van der Waals surface area contributed by atoms with Crippen LogP contribution >= 0.6 is 11.8 Å². The standard InChI is InChI=1S/C10H9F5S/c1-2-16-8-5-3-7(4-6-8)9(11,12)10(13,14)15/h3-6H,2H2,1H3. The zero-order valence-electron chi connectivity index (χ0n) is 8.31. The molecule has 0 fully saturated rings. The lowest BCUT2D eigenvalue weighted by Gasteiger charge is -2.19. The summed E-state index contributed by atoms with van der Waals surface area (Å²) in [5.41, 5.74) is -1.03. The van der Waals surface area contributed by atoms with Crippen molar-refractivity contribution in [2.45, 2.75) is 23.9 Å². The van der Waals surface area contributed by atoms with Gasteiger partial charge >= 0.3 is 12.1 Å². The van der Waals surface area contributed by atoms with E-state index in [1.54, 1.807) is 0 Å². The first kappa shape index (κ1) is 13.3. The molecule has 0 atom stereocenters. The third kappa shape index (κ3) is 2.66. The molecule has 0 saturated carbocycles. The lowest BCUT2D eigenvalue weighted by atomic mass is 10.1. The molecule has 16 heavy (non-hydrogen) atoms. The molecule has 90 valence electrons. The molecule has 1 aromatic carbocycles. The van der Waals surface area contributed by atoms with Gasteiger partial charge in [0.05, 0.1) is 0 Å². The minimum Gasteiger partial charge on any atom is -0.191 e. The fraction of sp³-hybridized carbons (Fsp3) is 0.400. The number of halogens is 5. The van der Waals surface area contributed by atoms with Gasteiger partial charge in [0, 0.05) is 10.5 Å². The highest BCUT2D eigenvalue weighted by Gasteiger charge is 2.58. The molecule has 6 heteroatoms. The van der Waals surface area contributed by atoms with E-state index in [0.717, 1.165) is 17.9 Å². The number of hydrogen-bond acceptors (Lipinski definition) is 1. The first-order valence-corrected chi connectivity index (χ1v) is 5.45. The van der Waals surface area contributed by atoms with Gasteiger partial charge in [-0.1, -0.05) is 19.1 Å². The molecule has 1 aromatic rings. The molecule has 0 spiro atoms. The molecule has 0 bridgehead atoms. The highest BCUT2D eigenvalue weighted by molar-refractivity contribution is 7.99. The van der Waals surface area contributed by atoms with Gasteiger partial charge < -0.3 is 0 Å². The summed E-state index contributed by atoms with van der Waals surface area (Å²) in [5.74, 6) is -4.06. The van der Waals surface area contributed by atoms with E-state index in [-0.39, 0.29) is 0 Å². The van der Waals surface area contributed by atoms with Crippen LogP contribution in [-0.2, 0) is 5.92 Å². The maximum absolute atomic E-state index is 12.8. The summed E-state index contributed by atoms with van der Waals surface area (Å²) in [5, 5.41) is 0. The molecular weight excluding hydrogens is 247 g/mol. The molecule has 0 amide bonds. The molecule has 0 nitrogen and oxygen atoms in total. The van der Waals surface area contributed by atoms with E-state index in [9.17, 15) is 22.0 Å². The summed E-state index contributed by atoms with van der Waals surface area (Å²) in [7, 11) is 0. The van der Waals surface area contributed by atoms with Gasteiger partial charge in [-0.25, -0.2) is 0 Å². The Balaban J connectivity index is 2.97. The van der Waals surface area contributed by atoms with E-state index in [0.29, 0.717) is 4.90 Å². The van der Waals surface area contributed by atoms with Gasteiger partial charge in [0.15, 0.2) is 0 Å². The molecule has 0 radical (unpaired) electrons. The molecule has 1 rings (SSSR count). The maximum Gasteiger partial charge on any atom is 0.458 e. The molecule has 0 aliphatic rings. The van der Waals surface area contributed by atoms with Gasteiger partial charge in [0.2, 0.25) is 0 Å². The molecular formula is C10H9F5S. The Labute approximate surface area is 93.8 Å². The molecule has 0 N–H and O–H groups in total. The van der Waals surface area contributed by atoms with Crippen LogP contribution in [0.4, 0.5) is 22.0 Å². The van der Waals surface area contributed by atoms with Crippen molar-refractivity contribution in [2.24, 2.45) is 0 Å². The normalized spacial score (nSPS) is 12.9. The van der Waals surface area contributed by atoms with Gasteiger partial charge in [0.25, 0.3) is 0 Å². The largest absolute Gasteiger partial charge is 0.458 e. The first-order chi connectivity index (χ1) is 7.29. The Kier molecular flexibility index (Phi) is 3.83. The summed E-state index contributed by atoms with van der Waals surface area (Å²) < 4.78 is 61.7. The van der Waals surface area contributed by atoms with E-state index in [4.69, 9.17) is 0 Å². The summed E-state index contributed by atoms with van der Waals surface area (Å²) in [6.45, 7) is 1.86. The minimum absolute atomic E-state index is 0.671. The fourth-order valence-electron chi connectivity index (χ4n) is 1.09.